The molecule has 2 saturated heterocycles. The fourth-order valence-electron chi connectivity index (χ4n) is 4.52. The highest BCUT2D eigenvalue weighted by Crippen LogP contribution is 2.30. The minimum atomic E-state index is -0.113. The van der Waals surface area contributed by atoms with Gasteiger partial charge in [0.2, 0.25) is 5.89 Å². The Bertz CT molecular complexity index is 658. The number of rotatable bonds is 4. The summed E-state index contributed by atoms with van der Waals surface area (Å²) in [5, 5.41) is 7.29. The van der Waals surface area contributed by atoms with Gasteiger partial charge in [-0.05, 0) is 58.5 Å². The molecule has 2 fully saturated rings. The van der Waals surface area contributed by atoms with E-state index >= 15 is 0 Å². The number of carbonyl (C=O) groups excluding carboxylic acids is 1. The van der Waals surface area contributed by atoms with Gasteiger partial charge in [-0.15, -0.1) is 0 Å². The van der Waals surface area contributed by atoms with Crippen LogP contribution in [0.25, 0.3) is 0 Å². The van der Waals surface area contributed by atoms with Crippen molar-refractivity contribution < 1.29 is 9.32 Å². The van der Waals surface area contributed by atoms with Gasteiger partial charge in [0.25, 0.3) is 0 Å². The van der Waals surface area contributed by atoms with E-state index in [4.69, 9.17) is 4.52 Å². The van der Waals surface area contributed by atoms with Crippen molar-refractivity contribution in [2.75, 3.05) is 19.6 Å². The number of piperidine rings is 1. The molecule has 3 heterocycles. The molecule has 2 aliphatic rings. The summed E-state index contributed by atoms with van der Waals surface area (Å²) >= 11 is 0. The second kappa shape index (κ2) is 9.45. The number of aromatic nitrogens is 2. The van der Waals surface area contributed by atoms with Crippen molar-refractivity contribution in [3.63, 3.8) is 0 Å². The second-order valence-electron chi connectivity index (χ2n) is 10.1. The van der Waals surface area contributed by atoms with Gasteiger partial charge in [-0.1, -0.05) is 38.8 Å². The molecule has 0 saturated carbocycles. The molecule has 7 nitrogen and oxygen atoms in total. The molecule has 1 unspecified atom stereocenters. The van der Waals surface area contributed by atoms with Gasteiger partial charge in [-0.3, -0.25) is 4.90 Å². The Balaban J connectivity index is 1.56. The Hall–Kier alpha value is -1.63. The van der Waals surface area contributed by atoms with Gasteiger partial charge in [-0.2, -0.15) is 4.98 Å². The highest BCUT2D eigenvalue weighted by atomic mass is 16.5. The van der Waals surface area contributed by atoms with Crippen LogP contribution >= 0.6 is 0 Å². The van der Waals surface area contributed by atoms with Gasteiger partial charge < -0.3 is 14.7 Å². The maximum atomic E-state index is 12.8. The van der Waals surface area contributed by atoms with E-state index in [2.05, 4.69) is 46.0 Å². The smallest absolute Gasteiger partial charge is 0.317 e. The molecule has 0 aliphatic carbocycles. The Kier molecular flexibility index (Phi) is 7.19. The van der Waals surface area contributed by atoms with Crippen molar-refractivity contribution in [2.24, 2.45) is 5.92 Å². The van der Waals surface area contributed by atoms with Crippen LogP contribution in [0.15, 0.2) is 4.52 Å². The van der Waals surface area contributed by atoms with Gasteiger partial charge in [0.05, 0.1) is 6.54 Å². The molecule has 2 aliphatic heterocycles. The first-order chi connectivity index (χ1) is 13.7. The van der Waals surface area contributed by atoms with Gasteiger partial charge >= 0.3 is 6.03 Å². The normalized spacial score (nSPS) is 22.7. The lowest BCUT2D eigenvalue weighted by atomic mass is 9.86. The maximum Gasteiger partial charge on any atom is 0.317 e. The molecule has 0 radical (unpaired) electrons. The predicted octanol–water partition coefficient (Wildman–Crippen LogP) is 3.94. The first-order valence-corrected chi connectivity index (χ1v) is 11.4. The van der Waals surface area contributed by atoms with Crippen molar-refractivity contribution in [2.45, 2.75) is 97.2 Å². The summed E-state index contributed by atoms with van der Waals surface area (Å²) in [7, 11) is 0. The van der Waals surface area contributed by atoms with Crippen LogP contribution in [0.2, 0.25) is 0 Å². The highest BCUT2D eigenvalue weighted by molar-refractivity contribution is 5.74. The van der Waals surface area contributed by atoms with Crippen molar-refractivity contribution in [3.05, 3.63) is 11.7 Å². The highest BCUT2D eigenvalue weighted by Gasteiger charge is 2.34. The fraction of sp³-hybridized carbons (Fsp3) is 0.864. The van der Waals surface area contributed by atoms with E-state index in [1.807, 2.05) is 13.8 Å². The zero-order chi connectivity index (χ0) is 21.0. The molecule has 0 bridgehead atoms. The summed E-state index contributed by atoms with van der Waals surface area (Å²) in [6.07, 6.45) is 6.97. The first kappa shape index (κ1) is 22.1. The Morgan fingerprint density at radius 1 is 1.14 bits per heavy atom. The van der Waals surface area contributed by atoms with E-state index in [1.54, 1.807) is 0 Å². The average Bonchev–Trinajstić information content (AvgIpc) is 2.98. The fourth-order valence-corrected chi connectivity index (χ4v) is 4.52. The van der Waals surface area contributed by atoms with E-state index in [0.717, 1.165) is 57.7 Å². The van der Waals surface area contributed by atoms with E-state index in [-0.39, 0.29) is 17.5 Å². The number of hydrogen-bond acceptors (Lipinski definition) is 5. The number of carbonyl (C=O) groups is 1. The van der Waals surface area contributed by atoms with E-state index < -0.39 is 0 Å². The van der Waals surface area contributed by atoms with Crippen LogP contribution < -0.4 is 5.32 Å². The van der Waals surface area contributed by atoms with Crippen molar-refractivity contribution in [1.29, 1.82) is 0 Å². The number of likely N-dealkylation sites (tertiary alicyclic amines) is 2. The average molecular weight is 406 g/mol. The molecule has 0 aromatic carbocycles. The molecule has 0 spiro atoms. The summed E-state index contributed by atoms with van der Waals surface area (Å²) in [4.78, 5) is 21.9. The zero-order valence-electron chi connectivity index (χ0n) is 18.9. The van der Waals surface area contributed by atoms with Crippen LogP contribution in [0.5, 0.6) is 0 Å². The largest absolute Gasteiger partial charge is 0.339 e. The van der Waals surface area contributed by atoms with Crippen LogP contribution in [0.3, 0.4) is 0 Å². The number of nitrogens with one attached hydrogen (secondary N) is 1. The van der Waals surface area contributed by atoms with Crippen LogP contribution in [0.1, 0.15) is 84.9 Å². The summed E-state index contributed by atoms with van der Waals surface area (Å²) in [6.45, 7) is 14.0. The standard InChI is InChI=1S/C22H39N5O2/c1-16(2)23-21(28)27-12-8-6-7-9-18(27)17-10-13-26(14-11-17)15-19-24-20(29-25-19)22(3,4)5/h16-18H,6-15H2,1-5H3,(H,23,28). The summed E-state index contributed by atoms with van der Waals surface area (Å²) < 4.78 is 5.43. The molecular weight excluding hydrogens is 366 g/mol. The summed E-state index contributed by atoms with van der Waals surface area (Å²) in [5.41, 5.74) is -0.113. The third kappa shape index (κ3) is 5.93. The van der Waals surface area contributed by atoms with Gasteiger partial charge in [0.1, 0.15) is 0 Å². The van der Waals surface area contributed by atoms with Crippen LogP contribution in [-0.4, -0.2) is 57.7 Å². The molecule has 164 valence electrons. The predicted molar refractivity (Wildman–Crippen MR) is 114 cm³/mol. The molecule has 3 rings (SSSR count). The monoisotopic (exact) mass is 405 g/mol. The molecule has 1 atom stereocenters. The molecule has 1 N–H and O–H groups in total. The van der Waals surface area contributed by atoms with E-state index in [1.165, 1.54) is 12.8 Å². The number of nitrogens with zero attached hydrogens (tertiary/aromatic N) is 4. The first-order valence-electron chi connectivity index (χ1n) is 11.4. The van der Waals surface area contributed by atoms with Crippen molar-refractivity contribution in [1.82, 2.24) is 25.3 Å². The lowest BCUT2D eigenvalue weighted by Gasteiger charge is -2.40. The number of amides is 2. The van der Waals surface area contributed by atoms with E-state index in [9.17, 15) is 4.79 Å². The Labute approximate surface area is 175 Å². The number of urea groups is 1. The molecule has 2 amide bonds. The van der Waals surface area contributed by atoms with Gasteiger partial charge in [-0.25, -0.2) is 4.79 Å². The SMILES string of the molecule is CC(C)NC(=O)N1CCCCCC1C1CCN(Cc2noc(C(C)(C)C)n2)CC1. The lowest BCUT2D eigenvalue weighted by Crippen LogP contribution is -2.52. The van der Waals surface area contributed by atoms with Crippen LogP contribution in [0.4, 0.5) is 4.79 Å². The van der Waals surface area contributed by atoms with Gasteiger partial charge in [0.15, 0.2) is 5.82 Å². The third-order valence-corrected chi connectivity index (χ3v) is 6.12. The molecule has 29 heavy (non-hydrogen) atoms. The quantitative estimate of drug-likeness (QED) is 0.821. The lowest BCUT2D eigenvalue weighted by molar-refractivity contribution is 0.0960. The van der Waals surface area contributed by atoms with Crippen LogP contribution in [-0.2, 0) is 12.0 Å². The maximum absolute atomic E-state index is 12.8. The summed E-state index contributed by atoms with van der Waals surface area (Å²) in [6, 6.07) is 0.674. The van der Waals surface area contributed by atoms with Crippen molar-refractivity contribution in [3.8, 4) is 0 Å². The van der Waals surface area contributed by atoms with Crippen LogP contribution in [0, 0.1) is 5.92 Å². The summed E-state index contributed by atoms with van der Waals surface area (Å²) in [5.74, 6) is 2.06. The molecular formula is C22H39N5O2. The van der Waals surface area contributed by atoms with E-state index in [0.29, 0.717) is 17.9 Å². The molecule has 1 aromatic heterocycles. The Morgan fingerprint density at radius 3 is 2.48 bits per heavy atom. The van der Waals surface area contributed by atoms with Gasteiger partial charge in [0, 0.05) is 24.0 Å². The minimum absolute atomic E-state index is 0.113. The minimum Gasteiger partial charge on any atom is -0.339 e. The number of hydrogen-bond donors (Lipinski definition) is 1. The molecule has 7 heteroatoms. The topological polar surface area (TPSA) is 74.5 Å². The Morgan fingerprint density at radius 2 is 1.86 bits per heavy atom. The molecule has 1 aromatic rings. The van der Waals surface area contributed by atoms with Crippen molar-refractivity contribution >= 4 is 6.03 Å². The zero-order valence-corrected chi connectivity index (χ0v) is 18.9. The second-order valence-corrected chi connectivity index (χ2v) is 10.1. The third-order valence-electron chi connectivity index (χ3n) is 6.12.